The van der Waals surface area contributed by atoms with Crippen molar-refractivity contribution in [1.29, 1.82) is 5.41 Å². The maximum absolute atomic E-state index is 13.7. The normalized spacial score (nSPS) is 22.0. The van der Waals surface area contributed by atoms with E-state index in [9.17, 15) is 28.3 Å². The predicted molar refractivity (Wildman–Crippen MR) is 284 cm³/mol. The Hall–Kier alpha value is -6.21. The topological polar surface area (TPSA) is 219 Å². The zero-order valence-electron chi connectivity index (χ0n) is 41.9. The molecule has 5 aromatic rings. The number of thiazole rings is 1. The fourth-order valence-electron chi connectivity index (χ4n) is 12.2. The van der Waals surface area contributed by atoms with Gasteiger partial charge in [-0.1, -0.05) is 75.4 Å². The van der Waals surface area contributed by atoms with Gasteiger partial charge in [-0.2, -0.15) is 0 Å². The Morgan fingerprint density at radius 3 is 2.43 bits per heavy atom. The molecule has 2 bridgehead atoms. The van der Waals surface area contributed by atoms with E-state index in [4.69, 9.17) is 19.9 Å². The van der Waals surface area contributed by atoms with Gasteiger partial charge in [-0.25, -0.2) is 23.8 Å². The lowest BCUT2D eigenvalue weighted by Crippen LogP contribution is -2.58. The summed E-state index contributed by atoms with van der Waals surface area (Å²) in [6.07, 6.45) is 5.50. The number of allylic oxidation sites excluding steroid dienone is 2. The van der Waals surface area contributed by atoms with Crippen molar-refractivity contribution in [3.63, 3.8) is 0 Å². The van der Waals surface area contributed by atoms with Crippen LogP contribution in [0.5, 0.6) is 0 Å². The molecule has 2 aliphatic carbocycles. The first-order chi connectivity index (χ1) is 34.3. The van der Waals surface area contributed by atoms with Crippen molar-refractivity contribution >= 4 is 79.0 Å². The van der Waals surface area contributed by atoms with Crippen molar-refractivity contribution in [2.45, 2.75) is 91.9 Å². The SMILES string of the molecule is CNc1ccc(COC(=O)N(CCOC23CC(C)(C)CC(C)(CC(C)(CN/C(C)=C(\C=N)c4ccc(N5CCc6cccc(C(=O)Nc7nc8ccccc8s7)c6C5)nc4C(=O)O)C2)C3)CCS(=O)O)cc1. The lowest BCUT2D eigenvalue weighted by Gasteiger charge is -2.61. The number of nitrogens with one attached hydrogen (secondary N) is 4. The summed E-state index contributed by atoms with van der Waals surface area (Å²) >= 11 is -0.690. The highest BCUT2D eigenvalue weighted by Gasteiger charge is 2.58. The number of carboxylic acids is 1. The van der Waals surface area contributed by atoms with E-state index in [0.717, 1.165) is 58.3 Å². The average molecular weight is 1020 g/mol. The van der Waals surface area contributed by atoms with Gasteiger partial charge in [0.25, 0.3) is 5.91 Å². The van der Waals surface area contributed by atoms with Crippen LogP contribution in [0.15, 0.2) is 84.6 Å². The molecular formula is C54H66N8O8S2. The van der Waals surface area contributed by atoms with Crippen molar-refractivity contribution < 1.29 is 37.7 Å². The molecule has 2 saturated carbocycles. The van der Waals surface area contributed by atoms with Gasteiger partial charge in [0.2, 0.25) is 0 Å². The van der Waals surface area contributed by atoms with Crippen molar-refractivity contribution in [3.05, 3.63) is 118 Å². The summed E-state index contributed by atoms with van der Waals surface area (Å²) in [5.41, 5.74) is 5.28. The van der Waals surface area contributed by atoms with Crippen LogP contribution in [0.4, 0.5) is 21.4 Å². The van der Waals surface area contributed by atoms with Crippen LogP contribution in [0.2, 0.25) is 0 Å². The van der Waals surface area contributed by atoms with Gasteiger partial charge in [-0.3, -0.25) is 10.1 Å². The van der Waals surface area contributed by atoms with E-state index in [0.29, 0.717) is 65.8 Å². The quantitative estimate of drug-likeness (QED) is 0.0336. The molecule has 4 unspecified atom stereocenters. The minimum absolute atomic E-state index is 0.0150. The third-order valence-corrected chi connectivity index (χ3v) is 15.8. The molecule has 6 N–H and O–H groups in total. The Kier molecular flexibility index (Phi) is 15.5. The van der Waals surface area contributed by atoms with E-state index in [1.54, 1.807) is 18.2 Å². The number of carboxylic acid groups (broad SMARTS) is 1. The molecule has 72 heavy (non-hydrogen) atoms. The number of aromatic nitrogens is 2. The first-order valence-electron chi connectivity index (χ1n) is 24.4. The number of carbonyl (C=O) groups is 3. The summed E-state index contributed by atoms with van der Waals surface area (Å²) in [6.45, 7) is 12.9. The first-order valence-corrected chi connectivity index (χ1v) is 26.5. The van der Waals surface area contributed by atoms with E-state index >= 15 is 0 Å². The maximum atomic E-state index is 13.7. The molecule has 16 nitrogen and oxygen atoms in total. The largest absolute Gasteiger partial charge is 0.476 e. The predicted octanol–water partition coefficient (Wildman–Crippen LogP) is 9.85. The van der Waals surface area contributed by atoms with Gasteiger partial charge in [0, 0.05) is 74.1 Å². The van der Waals surface area contributed by atoms with Crippen LogP contribution in [-0.4, -0.2) is 104 Å². The van der Waals surface area contributed by atoms with Crippen molar-refractivity contribution in [2.75, 3.05) is 61.1 Å². The van der Waals surface area contributed by atoms with E-state index < -0.39 is 28.7 Å². The van der Waals surface area contributed by atoms with Crippen LogP contribution in [0.3, 0.4) is 0 Å². The number of benzene rings is 3. The molecule has 4 atom stereocenters. The minimum atomic E-state index is -2.10. The van der Waals surface area contributed by atoms with Crippen molar-refractivity contribution in [1.82, 2.24) is 20.2 Å². The average Bonchev–Trinajstić information content (AvgIpc) is 3.74. The van der Waals surface area contributed by atoms with E-state index in [1.807, 2.05) is 79.5 Å². The second kappa shape index (κ2) is 21.5. The summed E-state index contributed by atoms with van der Waals surface area (Å²) in [5, 5.41) is 29.3. The summed E-state index contributed by atoms with van der Waals surface area (Å²) in [5.74, 6) is -1.14. The molecule has 3 aromatic carbocycles. The standard InChI is InChI=1S/C54H66N8O8S2/c1-35(41(26-55)39-18-19-45(59-46(39)48(64)65)62-21-20-37-10-9-11-40(42(37)27-62)47(63)60-49-58-43-12-7-8-13-44(43)71-49)57-34-53(5)31-52(4)29-51(2,3)30-54(32-52,33-53)70-24-22-61(23-25-72(67)68)50(66)69-28-36-14-16-38(56-6)17-15-36/h7-19,26,55-57H,20-25,27-34H2,1-6H3,(H,64,65)(H,67,68)(H,58,60,63)/b41-35+,55-26?. The van der Waals surface area contributed by atoms with Gasteiger partial charge in [0.05, 0.1) is 28.2 Å². The smallest absolute Gasteiger partial charge is 0.410 e. The molecular weight excluding hydrogens is 953 g/mol. The summed E-state index contributed by atoms with van der Waals surface area (Å²) in [4.78, 5) is 52.8. The second-order valence-electron chi connectivity index (χ2n) is 21.2. The van der Waals surface area contributed by atoms with Gasteiger partial charge in [0.1, 0.15) is 12.4 Å². The zero-order valence-corrected chi connectivity index (χ0v) is 43.6. The van der Waals surface area contributed by atoms with Crippen LogP contribution < -0.4 is 20.9 Å². The summed E-state index contributed by atoms with van der Waals surface area (Å²) < 4.78 is 35.0. The molecule has 0 spiro atoms. The summed E-state index contributed by atoms with van der Waals surface area (Å²) in [6, 6.07) is 24.5. The first kappa shape index (κ1) is 52.1. The number of aromatic carboxylic acids is 1. The molecule has 3 heterocycles. The lowest BCUT2D eigenvalue weighted by atomic mass is 9.48. The Labute approximate surface area is 427 Å². The number of nitrogens with zero attached hydrogens (tertiary/aromatic N) is 4. The van der Waals surface area contributed by atoms with Gasteiger partial charge in [0.15, 0.2) is 21.9 Å². The third-order valence-electron chi connectivity index (χ3n) is 14.3. The Morgan fingerprint density at radius 1 is 0.931 bits per heavy atom. The third kappa shape index (κ3) is 12.2. The van der Waals surface area contributed by atoms with Gasteiger partial charge in [-0.05, 0) is 121 Å². The maximum Gasteiger partial charge on any atom is 0.410 e. The number of hydrogen-bond acceptors (Lipinski definition) is 13. The highest BCUT2D eigenvalue weighted by atomic mass is 32.2. The zero-order chi connectivity index (χ0) is 51.4. The number of fused-ring (bicyclic) bond motifs is 4. The molecule has 8 rings (SSSR count). The molecule has 2 amide bonds. The van der Waals surface area contributed by atoms with Gasteiger partial charge >= 0.3 is 12.1 Å². The molecule has 3 aliphatic rings. The number of amides is 2. The number of anilines is 3. The Balaban J connectivity index is 0.957. The van der Waals surface area contributed by atoms with Crippen LogP contribution in [0, 0.1) is 21.7 Å². The molecule has 0 radical (unpaired) electrons. The van der Waals surface area contributed by atoms with Crippen molar-refractivity contribution in [3.8, 4) is 0 Å². The Morgan fingerprint density at radius 2 is 1.71 bits per heavy atom. The lowest BCUT2D eigenvalue weighted by molar-refractivity contribution is -0.191. The van der Waals surface area contributed by atoms with E-state index in [1.165, 1.54) is 22.5 Å². The van der Waals surface area contributed by atoms with E-state index in [-0.39, 0.29) is 59.9 Å². The highest BCUT2D eigenvalue weighted by Crippen LogP contribution is 2.62. The van der Waals surface area contributed by atoms with Gasteiger partial charge in [-0.15, -0.1) is 0 Å². The number of carbonyl (C=O) groups excluding carboxylic acids is 2. The second-order valence-corrected chi connectivity index (χ2v) is 23.3. The van der Waals surface area contributed by atoms with E-state index in [2.05, 4.69) is 48.6 Å². The molecule has 18 heteroatoms. The number of ether oxygens (including phenoxy) is 2. The van der Waals surface area contributed by atoms with Crippen LogP contribution >= 0.6 is 11.3 Å². The van der Waals surface area contributed by atoms with Gasteiger partial charge < -0.3 is 45.0 Å². The molecule has 2 aromatic heterocycles. The number of para-hydroxylation sites is 1. The summed E-state index contributed by atoms with van der Waals surface area (Å²) in [7, 11) is 1.83. The van der Waals surface area contributed by atoms with Crippen LogP contribution in [-0.2, 0) is 40.1 Å². The molecule has 0 saturated heterocycles. The number of rotatable bonds is 19. The van der Waals surface area contributed by atoms with Crippen molar-refractivity contribution in [2.24, 2.45) is 16.2 Å². The molecule has 382 valence electrons. The minimum Gasteiger partial charge on any atom is -0.476 e. The van der Waals surface area contributed by atoms with Crippen LogP contribution in [0.1, 0.15) is 110 Å². The van der Waals surface area contributed by atoms with Crippen LogP contribution in [0.25, 0.3) is 15.8 Å². The number of hydrogen-bond donors (Lipinski definition) is 6. The fraction of sp³-hybridized carbons (Fsp3) is 0.444. The highest BCUT2D eigenvalue weighted by molar-refractivity contribution is 7.79. The molecule has 1 aliphatic heterocycles. The number of pyridine rings is 1. The monoisotopic (exact) mass is 1020 g/mol. The Bertz CT molecular complexity index is 2870. The fourth-order valence-corrected chi connectivity index (χ4v) is 13.4. The molecule has 2 fully saturated rings.